The maximum absolute atomic E-state index is 12.0. The number of hydrogen-bond donors (Lipinski definition) is 0. The average Bonchev–Trinajstić information content (AvgIpc) is 2.82. The number of carbonyl (C=O) groups excluding carboxylic acids is 1. The van der Waals surface area contributed by atoms with Gasteiger partial charge in [-0.3, -0.25) is 4.79 Å². The van der Waals surface area contributed by atoms with Crippen molar-refractivity contribution in [3.8, 4) is 0 Å². The van der Waals surface area contributed by atoms with Gasteiger partial charge in [-0.15, -0.1) is 0 Å². The zero-order valence-corrected chi connectivity index (χ0v) is 11.8. The molecule has 100 valence electrons. The van der Waals surface area contributed by atoms with Crippen molar-refractivity contribution in [2.24, 2.45) is 11.8 Å². The Labute approximate surface area is 107 Å². The number of ketones is 1. The van der Waals surface area contributed by atoms with E-state index >= 15 is 0 Å². The third-order valence-corrected chi connectivity index (χ3v) is 4.35. The second-order valence-corrected chi connectivity index (χ2v) is 5.77. The summed E-state index contributed by atoms with van der Waals surface area (Å²) in [6.07, 6.45) is 13.5. The summed E-state index contributed by atoms with van der Waals surface area (Å²) in [6, 6.07) is 0. The highest BCUT2D eigenvalue weighted by Gasteiger charge is 2.27. The van der Waals surface area contributed by atoms with E-state index in [0.29, 0.717) is 11.7 Å². The lowest BCUT2D eigenvalue weighted by atomic mass is 9.95. The number of unbranched alkanes of at least 4 members (excludes halogenated alkanes) is 5. The van der Waals surface area contributed by atoms with Crippen LogP contribution >= 0.6 is 0 Å². The minimum absolute atomic E-state index is 0.426. The molecule has 0 aromatic carbocycles. The highest BCUT2D eigenvalue weighted by molar-refractivity contribution is 5.81. The van der Waals surface area contributed by atoms with Crippen LogP contribution in [0.2, 0.25) is 0 Å². The molecule has 0 aliphatic heterocycles. The van der Waals surface area contributed by atoms with Crippen molar-refractivity contribution in [3.05, 3.63) is 0 Å². The predicted octanol–water partition coefficient (Wildman–Crippen LogP) is 5.13. The SMILES string of the molecule is CCCCCCCCC(=O)C1CCC(CC)C1. The molecule has 1 heteroatoms. The maximum Gasteiger partial charge on any atom is 0.135 e. The van der Waals surface area contributed by atoms with E-state index in [9.17, 15) is 4.79 Å². The second-order valence-electron chi connectivity index (χ2n) is 5.77. The van der Waals surface area contributed by atoms with Crippen LogP contribution in [0.5, 0.6) is 0 Å². The van der Waals surface area contributed by atoms with Gasteiger partial charge in [0.25, 0.3) is 0 Å². The van der Waals surface area contributed by atoms with E-state index in [2.05, 4.69) is 13.8 Å². The number of carbonyl (C=O) groups is 1. The molecule has 1 saturated carbocycles. The third-order valence-electron chi connectivity index (χ3n) is 4.35. The van der Waals surface area contributed by atoms with E-state index in [1.54, 1.807) is 0 Å². The molecule has 1 fully saturated rings. The highest BCUT2D eigenvalue weighted by Crippen LogP contribution is 2.34. The first-order chi connectivity index (χ1) is 8.27. The van der Waals surface area contributed by atoms with Gasteiger partial charge in [-0.05, 0) is 31.6 Å². The van der Waals surface area contributed by atoms with Crippen molar-refractivity contribution in [1.82, 2.24) is 0 Å². The minimum Gasteiger partial charge on any atom is -0.299 e. The summed E-state index contributed by atoms with van der Waals surface area (Å²) in [7, 11) is 0. The molecule has 0 N–H and O–H groups in total. The average molecular weight is 238 g/mol. The van der Waals surface area contributed by atoms with Crippen molar-refractivity contribution >= 4 is 5.78 Å². The van der Waals surface area contributed by atoms with E-state index in [1.165, 1.54) is 57.8 Å². The molecule has 1 rings (SSSR count). The summed E-state index contributed by atoms with van der Waals surface area (Å²) in [5.41, 5.74) is 0. The number of Topliss-reactive ketones (excluding diaryl/α,β-unsaturated/α-hetero) is 1. The van der Waals surface area contributed by atoms with Crippen LogP contribution in [0.15, 0.2) is 0 Å². The fraction of sp³-hybridized carbons (Fsp3) is 0.938. The van der Waals surface area contributed by atoms with E-state index in [0.717, 1.165) is 18.8 Å². The van der Waals surface area contributed by atoms with Crippen LogP contribution in [0.1, 0.15) is 84.5 Å². The van der Waals surface area contributed by atoms with Gasteiger partial charge in [0.05, 0.1) is 0 Å². The summed E-state index contributed by atoms with van der Waals surface area (Å²) < 4.78 is 0. The molecule has 0 saturated heterocycles. The largest absolute Gasteiger partial charge is 0.299 e. The summed E-state index contributed by atoms with van der Waals surface area (Å²) in [5, 5.41) is 0. The Hall–Kier alpha value is -0.330. The molecule has 2 unspecified atom stereocenters. The van der Waals surface area contributed by atoms with Gasteiger partial charge < -0.3 is 0 Å². The molecular weight excluding hydrogens is 208 g/mol. The topological polar surface area (TPSA) is 17.1 Å². The molecule has 0 aromatic rings. The van der Waals surface area contributed by atoms with Crippen molar-refractivity contribution in [2.45, 2.75) is 84.5 Å². The maximum atomic E-state index is 12.0. The van der Waals surface area contributed by atoms with Gasteiger partial charge in [0, 0.05) is 12.3 Å². The summed E-state index contributed by atoms with van der Waals surface area (Å²) in [5.74, 6) is 1.83. The van der Waals surface area contributed by atoms with Crippen LogP contribution in [0.4, 0.5) is 0 Å². The highest BCUT2D eigenvalue weighted by atomic mass is 16.1. The predicted molar refractivity (Wildman–Crippen MR) is 74.1 cm³/mol. The molecule has 0 radical (unpaired) electrons. The van der Waals surface area contributed by atoms with E-state index in [-0.39, 0.29) is 0 Å². The van der Waals surface area contributed by atoms with Gasteiger partial charge in [0.1, 0.15) is 5.78 Å². The van der Waals surface area contributed by atoms with Gasteiger partial charge >= 0.3 is 0 Å². The second kappa shape index (κ2) is 8.72. The van der Waals surface area contributed by atoms with Crippen molar-refractivity contribution in [2.75, 3.05) is 0 Å². The Bertz CT molecular complexity index is 210. The Morgan fingerprint density at radius 1 is 1.00 bits per heavy atom. The Morgan fingerprint density at radius 3 is 2.35 bits per heavy atom. The van der Waals surface area contributed by atoms with Gasteiger partial charge in [-0.2, -0.15) is 0 Å². The molecule has 1 nitrogen and oxygen atoms in total. The molecule has 1 aliphatic carbocycles. The summed E-state index contributed by atoms with van der Waals surface area (Å²) in [4.78, 5) is 12.0. The molecule has 0 bridgehead atoms. The van der Waals surface area contributed by atoms with Gasteiger partial charge in [0.15, 0.2) is 0 Å². The molecule has 0 spiro atoms. The van der Waals surface area contributed by atoms with Crippen molar-refractivity contribution in [3.63, 3.8) is 0 Å². The van der Waals surface area contributed by atoms with Crippen LogP contribution in [-0.4, -0.2) is 5.78 Å². The molecule has 1 aliphatic rings. The lowest BCUT2D eigenvalue weighted by Crippen LogP contribution is -2.11. The monoisotopic (exact) mass is 238 g/mol. The molecule has 0 heterocycles. The lowest BCUT2D eigenvalue weighted by molar-refractivity contribution is -0.122. The van der Waals surface area contributed by atoms with Crippen LogP contribution in [0.25, 0.3) is 0 Å². The Balaban J connectivity index is 2.01. The molecule has 17 heavy (non-hydrogen) atoms. The van der Waals surface area contributed by atoms with Crippen LogP contribution < -0.4 is 0 Å². The van der Waals surface area contributed by atoms with E-state index in [1.807, 2.05) is 0 Å². The van der Waals surface area contributed by atoms with Crippen LogP contribution in [0.3, 0.4) is 0 Å². The van der Waals surface area contributed by atoms with Crippen molar-refractivity contribution < 1.29 is 4.79 Å². The number of rotatable bonds is 9. The zero-order chi connectivity index (χ0) is 12.5. The van der Waals surface area contributed by atoms with Gasteiger partial charge in [-0.1, -0.05) is 52.4 Å². The fourth-order valence-electron chi connectivity index (χ4n) is 3.02. The normalized spacial score (nSPS) is 24.1. The number of hydrogen-bond acceptors (Lipinski definition) is 1. The van der Waals surface area contributed by atoms with E-state index < -0.39 is 0 Å². The standard InChI is InChI=1S/C16H30O/c1-3-5-6-7-8-9-10-16(17)15-12-11-14(4-2)13-15/h14-15H,3-13H2,1-2H3. The Morgan fingerprint density at radius 2 is 1.71 bits per heavy atom. The first-order valence-electron chi connectivity index (χ1n) is 7.80. The van der Waals surface area contributed by atoms with Gasteiger partial charge in [0.2, 0.25) is 0 Å². The van der Waals surface area contributed by atoms with Gasteiger partial charge in [-0.25, -0.2) is 0 Å². The zero-order valence-electron chi connectivity index (χ0n) is 11.8. The third kappa shape index (κ3) is 5.70. The molecule has 2 atom stereocenters. The smallest absolute Gasteiger partial charge is 0.135 e. The lowest BCUT2D eigenvalue weighted by Gasteiger charge is -2.09. The Kier molecular flexibility index (Phi) is 7.55. The van der Waals surface area contributed by atoms with Crippen LogP contribution in [0, 0.1) is 11.8 Å². The van der Waals surface area contributed by atoms with Crippen LogP contribution in [-0.2, 0) is 4.79 Å². The summed E-state index contributed by atoms with van der Waals surface area (Å²) >= 11 is 0. The molecule has 0 aromatic heterocycles. The fourth-order valence-corrected chi connectivity index (χ4v) is 3.02. The molecule has 0 amide bonds. The minimum atomic E-state index is 0.426. The molecular formula is C16H30O. The van der Waals surface area contributed by atoms with E-state index in [4.69, 9.17) is 0 Å². The first kappa shape index (κ1) is 14.7. The summed E-state index contributed by atoms with van der Waals surface area (Å²) in [6.45, 7) is 4.50. The van der Waals surface area contributed by atoms with Crippen molar-refractivity contribution in [1.29, 1.82) is 0 Å². The quantitative estimate of drug-likeness (QED) is 0.509. The first-order valence-corrected chi connectivity index (χ1v) is 7.80.